The van der Waals surface area contributed by atoms with Crippen molar-refractivity contribution < 1.29 is 32.2 Å². The van der Waals surface area contributed by atoms with Crippen LogP contribution in [0.25, 0.3) is 0 Å². The highest BCUT2D eigenvalue weighted by Gasteiger charge is 2.47. The van der Waals surface area contributed by atoms with Crippen molar-refractivity contribution >= 4 is 12.1 Å². The normalized spacial score (nSPS) is 12.4. The number of carbonyl (C=O) groups is 2. The van der Waals surface area contributed by atoms with E-state index in [0.717, 1.165) is 7.11 Å². The second-order valence-corrected chi connectivity index (χ2v) is 3.70. The first kappa shape index (κ1) is 15.8. The molecule has 1 aromatic rings. The zero-order valence-corrected chi connectivity index (χ0v) is 10.4. The number of hydrogen-bond acceptors (Lipinski definition) is 4. The summed E-state index contributed by atoms with van der Waals surface area (Å²) < 4.78 is 46.1. The monoisotopic (exact) mass is 291 g/mol. The molecular weight excluding hydrogens is 279 g/mol. The first-order valence-electron chi connectivity index (χ1n) is 5.46. The fourth-order valence-corrected chi connectivity index (χ4v) is 1.27. The molecule has 110 valence electrons. The topological polar surface area (TPSA) is 64.6 Å². The number of hydrogen-bond donors (Lipinski definition) is 1. The first-order chi connectivity index (χ1) is 9.34. The summed E-state index contributed by atoms with van der Waals surface area (Å²) in [7, 11) is 0.790. The van der Waals surface area contributed by atoms with Crippen LogP contribution >= 0.6 is 0 Å². The number of alkyl halides is 3. The van der Waals surface area contributed by atoms with E-state index in [2.05, 4.69) is 9.47 Å². The Hall–Kier alpha value is -2.25. The maximum atomic E-state index is 12.5. The minimum absolute atomic E-state index is 0.210. The molecule has 0 aromatic heterocycles. The van der Waals surface area contributed by atoms with Gasteiger partial charge in [-0.3, -0.25) is 5.32 Å². The predicted octanol–water partition coefficient (Wildman–Crippen LogP) is 2.02. The highest BCUT2D eigenvalue weighted by atomic mass is 19.4. The minimum atomic E-state index is -4.96. The molecule has 5 nitrogen and oxygen atoms in total. The summed E-state index contributed by atoms with van der Waals surface area (Å²) in [5.74, 6) is -1.62. The molecule has 8 heteroatoms. The lowest BCUT2D eigenvalue weighted by atomic mass is 10.2. The number of nitrogens with one attached hydrogen (secondary N) is 1. The Bertz CT molecular complexity index is 462. The van der Waals surface area contributed by atoms with Crippen molar-refractivity contribution in [1.82, 2.24) is 5.32 Å². The van der Waals surface area contributed by atoms with Gasteiger partial charge in [0.15, 0.2) is 0 Å². The number of benzene rings is 1. The van der Waals surface area contributed by atoms with Gasteiger partial charge in [-0.05, 0) is 5.56 Å². The zero-order valence-electron chi connectivity index (χ0n) is 10.4. The van der Waals surface area contributed by atoms with Gasteiger partial charge in [-0.1, -0.05) is 30.3 Å². The molecule has 1 aromatic carbocycles. The third-order valence-electron chi connectivity index (χ3n) is 2.24. The Morgan fingerprint density at radius 1 is 1.25 bits per heavy atom. The van der Waals surface area contributed by atoms with Crippen LogP contribution in [0.2, 0.25) is 0 Å². The molecule has 0 saturated heterocycles. The Labute approximate surface area is 112 Å². The molecule has 1 amide bonds. The van der Waals surface area contributed by atoms with E-state index in [0.29, 0.717) is 5.56 Å². The second-order valence-electron chi connectivity index (χ2n) is 3.70. The van der Waals surface area contributed by atoms with Crippen LogP contribution < -0.4 is 5.32 Å². The average molecular weight is 291 g/mol. The lowest BCUT2D eigenvalue weighted by molar-refractivity contribution is -0.181. The number of methoxy groups -OCH3 is 1. The number of alkyl carbamates (subject to hydrolysis) is 1. The summed E-state index contributed by atoms with van der Waals surface area (Å²) in [4.78, 5) is 22.2. The van der Waals surface area contributed by atoms with Crippen LogP contribution in [0.5, 0.6) is 0 Å². The number of halogens is 3. The summed E-state index contributed by atoms with van der Waals surface area (Å²) in [5.41, 5.74) is 0.601. The summed E-state index contributed by atoms with van der Waals surface area (Å²) in [6, 6.07) is 5.62. The first-order valence-corrected chi connectivity index (χ1v) is 5.46. The molecule has 0 aliphatic heterocycles. The van der Waals surface area contributed by atoms with Gasteiger partial charge in [-0.2, -0.15) is 13.2 Å². The molecule has 0 aliphatic rings. The van der Waals surface area contributed by atoms with Crippen LogP contribution in [-0.2, 0) is 20.9 Å². The molecule has 0 heterocycles. The van der Waals surface area contributed by atoms with E-state index in [9.17, 15) is 22.8 Å². The Morgan fingerprint density at radius 3 is 2.35 bits per heavy atom. The van der Waals surface area contributed by atoms with Crippen LogP contribution in [0, 0.1) is 0 Å². The largest absolute Gasteiger partial charge is 0.467 e. The van der Waals surface area contributed by atoms with Gasteiger partial charge in [0.25, 0.3) is 0 Å². The van der Waals surface area contributed by atoms with Crippen molar-refractivity contribution in [3.05, 3.63) is 35.9 Å². The Balaban J connectivity index is 2.57. The third kappa shape index (κ3) is 4.79. The van der Waals surface area contributed by atoms with E-state index in [1.54, 1.807) is 30.3 Å². The lowest BCUT2D eigenvalue weighted by Gasteiger charge is -2.18. The molecule has 1 rings (SSSR count). The number of amides is 1. The smallest absolute Gasteiger partial charge is 0.419 e. The van der Waals surface area contributed by atoms with Gasteiger partial charge in [-0.25, -0.2) is 9.59 Å². The van der Waals surface area contributed by atoms with E-state index in [4.69, 9.17) is 0 Å². The predicted molar refractivity (Wildman–Crippen MR) is 61.6 cm³/mol. The average Bonchev–Trinajstić information content (AvgIpc) is 2.41. The summed E-state index contributed by atoms with van der Waals surface area (Å²) in [6.07, 6.45) is -6.32. The highest BCUT2D eigenvalue weighted by Crippen LogP contribution is 2.21. The van der Waals surface area contributed by atoms with E-state index in [1.807, 2.05) is 0 Å². The van der Waals surface area contributed by atoms with Crippen LogP contribution in [0.3, 0.4) is 0 Å². The molecule has 0 aliphatic carbocycles. The van der Waals surface area contributed by atoms with E-state index in [-0.39, 0.29) is 6.61 Å². The van der Waals surface area contributed by atoms with Crippen LogP contribution in [0.4, 0.5) is 18.0 Å². The summed E-state index contributed by atoms with van der Waals surface area (Å²) >= 11 is 0. The van der Waals surface area contributed by atoms with Gasteiger partial charge in [-0.15, -0.1) is 0 Å². The summed E-state index contributed by atoms with van der Waals surface area (Å²) in [6.45, 7) is -0.210. The van der Waals surface area contributed by atoms with Crippen molar-refractivity contribution in [2.75, 3.05) is 7.11 Å². The fourth-order valence-electron chi connectivity index (χ4n) is 1.27. The molecule has 0 saturated carbocycles. The lowest BCUT2D eigenvalue weighted by Crippen LogP contribution is -2.51. The quantitative estimate of drug-likeness (QED) is 0.862. The Kier molecular flexibility index (Phi) is 5.36. The van der Waals surface area contributed by atoms with E-state index >= 15 is 0 Å². The van der Waals surface area contributed by atoms with Gasteiger partial charge in [0.1, 0.15) is 6.61 Å². The van der Waals surface area contributed by atoms with Gasteiger partial charge in [0, 0.05) is 0 Å². The van der Waals surface area contributed by atoms with Gasteiger partial charge in [0.2, 0.25) is 6.04 Å². The van der Waals surface area contributed by atoms with Gasteiger partial charge in [0.05, 0.1) is 7.11 Å². The molecule has 0 fully saturated rings. The van der Waals surface area contributed by atoms with E-state index in [1.165, 1.54) is 5.32 Å². The fraction of sp³-hybridized carbons (Fsp3) is 0.333. The molecule has 0 radical (unpaired) electrons. The number of ether oxygens (including phenoxy) is 2. The Morgan fingerprint density at radius 2 is 1.85 bits per heavy atom. The van der Waals surface area contributed by atoms with Crippen molar-refractivity contribution in [1.29, 1.82) is 0 Å². The van der Waals surface area contributed by atoms with Crippen LogP contribution in [-0.4, -0.2) is 31.4 Å². The molecule has 0 bridgehead atoms. The van der Waals surface area contributed by atoms with Gasteiger partial charge >= 0.3 is 18.2 Å². The van der Waals surface area contributed by atoms with Crippen LogP contribution in [0.1, 0.15) is 5.56 Å². The molecule has 0 unspecified atom stereocenters. The van der Waals surface area contributed by atoms with Crippen molar-refractivity contribution in [2.24, 2.45) is 0 Å². The third-order valence-corrected chi connectivity index (χ3v) is 2.24. The molecule has 1 N–H and O–H groups in total. The van der Waals surface area contributed by atoms with Crippen molar-refractivity contribution in [3.8, 4) is 0 Å². The van der Waals surface area contributed by atoms with Crippen LogP contribution in [0.15, 0.2) is 30.3 Å². The zero-order chi connectivity index (χ0) is 15.2. The van der Waals surface area contributed by atoms with E-state index < -0.39 is 24.3 Å². The maximum absolute atomic E-state index is 12.5. The highest BCUT2D eigenvalue weighted by molar-refractivity contribution is 5.82. The number of carbonyl (C=O) groups excluding carboxylic acids is 2. The SMILES string of the molecule is COC(=O)[C@@H](NC(=O)OCc1ccccc1)C(F)(F)F. The van der Waals surface area contributed by atoms with Gasteiger partial charge < -0.3 is 9.47 Å². The molecular formula is C12H12F3NO4. The van der Waals surface area contributed by atoms with Crippen molar-refractivity contribution in [3.63, 3.8) is 0 Å². The summed E-state index contributed by atoms with van der Waals surface area (Å²) in [5, 5.41) is 1.42. The van der Waals surface area contributed by atoms with Crippen molar-refractivity contribution in [2.45, 2.75) is 18.8 Å². The molecule has 0 spiro atoms. The second kappa shape index (κ2) is 6.78. The minimum Gasteiger partial charge on any atom is -0.467 e. The number of rotatable bonds is 4. The number of esters is 1. The maximum Gasteiger partial charge on any atom is 0.419 e. The molecule has 1 atom stereocenters. The molecule has 20 heavy (non-hydrogen) atoms. The standard InChI is InChI=1S/C12H12F3NO4/c1-19-10(17)9(12(13,14)15)16-11(18)20-7-8-5-3-2-4-6-8/h2-6,9H,7H2,1H3,(H,16,18)/t9-/m1/s1.